The molecular formula is C11H16N. The van der Waals surface area contributed by atoms with Gasteiger partial charge in [0, 0.05) is 11.4 Å². The van der Waals surface area contributed by atoms with Crippen LogP contribution in [0.3, 0.4) is 0 Å². The van der Waals surface area contributed by atoms with Crippen molar-refractivity contribution in [1.82, 2.24) is 5.32 Å². The van der Waals surface area contributed by atoms with Crippen molar-refractivity contribution in [3.63, 3.8) is 0 Å². The average molecular weight is 162 g/mol. The van der Waals surface area contributed by atoms with Gasteiger partial charge in [0.25, 0.3) is 0 Å². The molecule has 1 radical (unpaired) electrons. The Morgan fingerprint density at radius 1 is 1.25 bits per heavy atom. The first-order valence-corrected chi connectivity index (χ1v) is 4.96. The van der Waals surface area contributed by atoms with Crippen molar-refractivity contribution in [2.75, 3.05) is 0 Å². The zero-order chi connectivity index (χ0) is 8.55. The molecule has 0 spiro atoms. The Bertz CT molecular complexity index is 258. The van der Waals surface area contributed by atoms with Gasteiger partial charge in [0.1, 0.15) is 0 Å². The number of allylic oxidation sites excluding steroid dienone is 4. The maximum atomic E-state index is 4.67. The van der Waals surface area contributed by atoms with Gasteiger partial charge in [-0.15, -0.1) is 0 Å². The molecule has 0 N–H and O–H groups in total. The normalized spacial score (nSPS) is 22.8. The molecule has 0 aromatic rings. The van der Waals surface area contributed by atoms with Gasteiger partial charge >= 0.3 is 0 Å². The Hall–Kier alpha value is -0.720. The van der Waals surface area contributed by atoms with E-state index in [9.17, 15) is 0 Å². The van der Waals surface area contributed by atoms with Gasteiger partial charge < -0.3 is 0 Å². The molecule has 1 heterocycles. The summed E-state index contributed by atoms with van der Waals surface area (Å²) < 4.78 is 0. The first-order valence-electron chi connectivity index (χ1n) is 4.96. The van der Waals surface area contributed by atoms with E-state index >= 15 is 0 Å². The van der Waals surface area contributed by atoms with Crippen LogP contribution in [0.25, 0.3) is 0 Å². The molecule has 0 saturated carbocycles. The Kier molecular flexibility index (Phi) is 1.95. The molecule has 12 heavy (non-hydrogen) atoms. The lowest BCUT2D eigenvalue weighted by molar-refractivity contribution is 0.657. The quantitative estimate of drug-likeness (QED) is 0.562. The molecule has 1 aliphatic carbocycles. The lowest BCUT2D eigenvalue weighted by Gasteiger charge is -2.12. The van der Waals surface area contributed by atoms with Crippen LogP contribution < -0.4 is 5.32 Å². The maximum absolute atomic E-state index is 4.67. The van der Waals surface area contributed by atoms with Crippen LogP contribution in [-0.4, -0.2) is 0 Å². The van der Waals surface area contributed by atoms with Crippen LogP contribution in [0.2, 0.25) is 0 Å². The predicted octanol–water partition coefficient (Wildman–Crippen LogP) is 3.12. The summed E-state index contributed by atoms with van der Waals surface area (Å²) in [6.45, 7) is 4.43. The van der Waals surface area contributed by atoms with Crippen molar-refractivity contribution >= 4 is 0 Å². The van der Waals surface area contributed by atoms with E-state index in [1.54, 1.807) is 5.57 Å². The van der Waals surface area contributed by atoms with Crippen LogP contribution in [0.15, 0.2) is 22.5 Å². The highest BCUT2D eigenvalue weighted by molar-refractivity contribution is 5.44. The molecule has 2 rings (SSSR count). The van der Waals surface area contributed by atoms with E-state index in [4.69, 9.17) is 0 Å². The molecular weight excluding hydrogens is 146 g/mol. The Morgan fingerprint density at radius 2 is 2.00 bits per heavy atom. The van der Waals surface area contributed by atoms with Crippen molar-refractivity contribution in [2.45, 2.75) is 46.0 Å². The molecule has 0 unspecified atom stereocenters. The average Bonchev–Trinajstić information content (AvgIpc) is 2.44. The molecule has 0 bridgehead atoms. The lowest BCUT2D eigenvalue weighted by atomic mass is 9.93. The SMILES string of the molecule is CCC1=C(C)C2=C(CCCC2)[N]1. The minimum absolute atomic E-state index is 1.10. The molecule has 2 aliphatic rings. The summed E-state index contributed by atoms with van der Waals surface area (Å²) in [5.74, 6) is 0. The summed E-state index contributed by atoms with van der Waals surface area (Å²) in [6.07, 6.45) is 6.29. The minimum Gasteiger partial charge on any atom is -0.257 e. The minimum atomic E-state index is 1.10. The van der Waals surface area contributed by atoms with Crippen molar-refractivity contribution < 1.29 is 0 Å². The molecule has 0 aromatic carbocycles. The maximum Gasteiger partial charge on any atom is 0.0442 e. The lowest BCUT2D eigenvalue weighted by Crippen LogP contribution is -2.02. The molecule has 1 aliphatic heterocycles. The highest BCUT2D eigenvalue weighted by atomic mass is 14.9. The third-order valence-electron chi connectivity index (χ3n) is 2.93. The Labute approximate surface area is 74.5 Å². The van der Waals surface area contributed by atoms with Gasteiger partial charge in [0.05, 0.1) is 0 Å². The highest BCUT2D eigenvalue weighted by Gasteiger charge is 2.23. The zero-order valence-electron chi connectivity index (χ0n) is 7.98. The van der Waals surface area contributed by atoms with E-state index in [1.165, 1.54) is 42.7 Å². The van der Waals surface area contributed by atoms with E-state index in [0.29, 0.717) is 0 Å². The molecule has 0 atom stereocenters. The van der Waals surface area contributed by atoms with Crippen LogP contribution in [-0.2, 0) is 0 Å². The van der Waals surface area contributed by atoms with E-state index in [0.717, 1.165) is 6.42 Å². The number of rotatable bonds is 1. The molecule has 1 nitrogen and oxygen atoms in total. The van der Waals surface area contributed by atoms with E-state index in [1.807, 2.05) is 0 Å². The first-order chi connectivity index (χ1) is 5.83. The van der Waals surface area contributed by atoms with E-state index in [-0.39, 0.29) is 0 Å². The van der Waals surface area contributed by atoms with Crippen LogP contribution in [0.1, 0.15) is 46.0 Å². The van der Waals surface area contributed by atoms with Crippen LogP contribution in [0, 0.1) is 0 Å². The van der Waals surface area contributed by atoms with Crippen LogP contribution in [0.4, 0.5) is 0 Å². The van der Waals surface area contributed by atoms with Gasteiger partial charge in [-0.05, 0) is 50.2 Å². The zero-order valence-corrected chi connectivity index (χ0v) is 7.98. The largest absolute Gasteiger partial charge is 0.257 e. The number of hydrogen-bond acceptors (Lipinski definition) is 0. The van der Waals surface area contributed by atoms with Gasteiger partial charge in [-0.3, -0.25) is 5.32 Å². The van der Waals surface area contributed by atoms with Crippen LogP contribution >= 0.6 is 0 Å². The second-order valence-electron chi connectivity index (χ2n) is 3.67. The third-order valence-corrected chi connectivity index (χ3v) is 2.93. The number of nitrogens with zero attached hydrogens (tertiary/aromatic N) is 1. The van der Waals surface area contributed by atoms with Crippen LogP contribution in [0.5, 0.6) is 0 Å². The second-order valence-corrected chi connectivity index (χ2v) is 3.67. The monoisotopic (exact) mass is 162 g/mol. The molecule has 0 saturated heterocycles. The van der Waals surface area contributed by atoms with E-state index in [2.05, 4.69) is 19.2 Å². The topological polar surface area (TPSA) is 14.1 Å². The summed E-state index contributed by atoms with van der Waals surface area (Å²) in [4.78, 5) is 0. The summed E-state index contributed by atoms with van der Waals surface area (Å²) in [5.41, 5.74) is 5.78. The predicted molar refractivity (Wildman–Crippen MR) is 50.6 cm³/mol. The molecule has 0 fully saturated rings. The summed E-state index contributed by atoms with van der Waals surface area (Å²) in [5, 5.41) is 4.67. The molecule has 65 valence electrons. The second kappa shape index (κ2) is 2.96. The number of hydrogen-bond donors (Lipinski definition) is 0. The van der Waals surface area contributed by atoms with E-state index < -0.39 is 0 Å². The summed E-state index contributed by atoms with van der Waals surface area (Å²) in [6, 6.07) is 0. The van der Waals surface area contributed by atoms with Crippen molar-refractivity contribution in [3.8, 4) is 0 Å². The smallest absolute Gasteiger partial charge is 0.0442 e. The van der Waals surface area contributed by atoms with Gasteiger partial charge in [-0.2, -0.15) is 0 Å². The van der Waals surface area contributed by atoms with Gasteiger partial charge in [0.2, 0.25) is 0 Å². The highest BCUT2D eigenvalue weighted by Crippen LogP contribution is 2.36. The van der Waals surface area contributed by atoms with Gasteiger partial charge in [-0.1, -0.05) is 6.92 Å². The van der Waals surface area contributed by atoms with Crippen molar-refractivity contribution in [2.24, 2.45) is 0 Å². The Balaban J connectivity index is 2.26. The molecule has 1 heteroatoms. The summed E-state index contributed by atoms with van der Waals surface area (Å²) >= 11 is 0. The van der Waals surface area contributed by atoms with Crippen molar-refractivity contribution in [3.05, 3.63) is 22.5 Å². The fourth-order valence-electron chi connectivity index (χ4n) is 2.18. The third kappa shape index (κ3) is 1.08. The first kappa shape index (κ1) is 7.90. The molecule has 0 aromatic heterocycles. The fraction of sp³-hybridized carbons (Fsp3) is 0.636. The summed E-state index contributed by atoms with van der Waals surface area (Å²) in [7, 11) is 0. The van der Waals surface area contributed by atoms with Crippen molar-refractivity contribution in [1.29, 1.82) is 0 Å². The standard InChI is InChI=1S/C11H16N/c1-3-10-8(2)9-6-4-5-7-11(9)12-10/h3-7H2,1-2H3. The van der Waals surface area contributed by atoms with Gasteiger partial charge in [-0.25, -0.2) is 0 Å². The fourth-order valence-corrected chi connectivity index (χ4v) is 2.18. The van der Waals surface area contributed by atoms with Gasteiger partial charge in [0.15, 0.2) is 0 Å². The Morgan fingerprint density at radius 3 is 2.67 bits per heavy atom. The molecule has 0 amide bonds.